The first-order valence-electron chi connectivity index (χ1n) is 10.8. The van der Waals surface area contributed by atoms with Gasteiger partial charge in [-0.15, -0.1) is 0 Å². The SMILES string of the molecule is Cc1c2c(c(C)c3occc13)Oc1cc(CC3CCCC3)cc3cc[n+](C)c-2c13. The van der Waals surface area contributed by atoms with Gasteiger partial charge in [0.2, 0.25) is 5.69 Å². The van der Waals surface area contributed by atoms with Crippen LogP contribution in [-0.4, -0.2) is 0 Å². The second kappa shape index (κ2) is 6.09. The normalized spacial score (nSPS) is 15.8. The molecule has 2 aliphatic rings. The Labute approximate surface area is 170 Å². The molecule has 2 aromatic heterocycles. The summed E-state index contributed by atoms with van der Waals surface area (Å²) in [5.41, 5.74) is 7.07. The molecule has 0 unspecified atom stereocenters. The molecule has 3 heteroatoms. The minimum Gasteiger partial charge on any atom is -0.464 e. The molecule has 1 aliphatic heterocycles. The zero-order chi connectivity index (χ0) is 19.7. The van der Waals surface area contributed by atoms with Crippen LogP contribution in [0.15, 0.2) is 41.1 Å². The summed E-state index contributed by atoms with van der Waals surface area (Å²) in [5.74, 6) is 2.75. The Kier molecular flexibility index (Phi) is 3.59. The number of hydrogen-bond acceptors (Lipinski definition) is 2. The number of benzene rings is 2. The summed E-state index contributed by atoms with van der Waals surface area (Å²) in [4.78, 5) is 0. The third-order valence-corrected chi connectivity index (χ3v) is 7.06. The Balaban J connectivity index is 1.63. The second-order valence-electron chi connectivity index (χ2n) is 8.91. The molecule has 1 saturated carbocycles. The van der Waals surface area contributed by atoms with E-state index in [9.17, 15) is 0 Å². The molecule has 3 heterocycles. The lowest BCUT2D eigenvalue weighted by Crippen LogP contribution is -2.32. The van der Waals surface area contributed by atoms with Gasteiger partial charge in [0.1, 0.15) is 24.1 Å². The average molecular weight is 384 g/mol. The topological polar surface area (TPSA) is 26.2 Å². The van der Waals surface area contributed by atoms with Crippen molar-refractivity contribution >= 4 is 21.7 Å². The van der Waals surface area contributed by atoms with Gasteiger partial charge in [-0.25, -0.2) is 4.57 Å². The molecular weight excluding hydrogens is 358 g/mol. The van der Waals surface area contributed by atoms with Gasteiger partial charge >= 0.3 is 0 Å². The first-order chi connectivity index (χ1) is 14.1. The van der Waals surface area contributed by atoms with Gasteiger partial charge < -0.3 is 9.15 Å². The number of hydrogen-bond donors (Lipinski definition) is 0. The highest BCUT2D eigenvalue weighted by molar-refractivity contribution is 6.05. The number of pyridine rings is 1. The number of furan rings is 1. The molecule has 0 N–H and O–H groups in total. The van der Waals surface area contributed by atoms with Crippen molar-refractivity contribution in [3.63, 3.8) is 0 Å². The number of rotatable bonds is 2. The fraction of sp³-hybridized carbons (Fsp3) is 0.346. The van der Waals surface area contributed by atoms with E-state index in [1.807, 2.05) is 0 Å². The molecule has 2 aromatic carbocycles. The Morgan fingerprint density at radius 2 is 1.90 bits per heavy atom. The summed E-state index contributed by atoms with van der Waals surface area (Å²) in [6.07, 6.45) is 10.6. The van der Waals surface area contributed by atoms with E-state index >= 15 is 0 Å². The van der Waals surface area contributed by atoms with Gasteiger partial charge in [-0.3, -0.25) is 0 Å². The minimum atomic E-state index is 0.821. The molecule has 6 rings (SSSR count). The van der Waals surface area contributed by atoms with Crippen molar-refractivity contribution in [1.29, 1.82) is 0 Å². The molecule has 0 saturated heterocycles. The number of aryl methyl sites for hydroxylation is 3. The van der Waals surface area contributed by atoms with Crippen LogP contribution in [0.25, 0.3) is 33.0 Å². The molecule has 4 aromatic rings. The predicted molar refractivity (Wildman–Crippen MR) is 116 cm³/mol. The van der Waals surface area contributed by atoms with Gasteiger partial charge in [-0.1, -0.05) is 31.7 Å². The maximum Gasteiger partial charge on any atom is 0.228 e. The van der Waals surface area contributed by atoms with Gasteiger partial charge in [0.25, 0.3) is 0 Å². The summed E-state index contributed by atoms with van der Waals surface area (Å²) in [6, 6.07) is 8.97. The lowest BCUT2D eigenvalue weighted by Gasteiger charge is -2.23. The van der Waals surface area contributed by atoms with Crippen molar-refractivity contribution in [2.75, 3.05) is 0 Å². The van der Waals surface area contributed by atoms with Gasteiger partial charge in [0, 0.05) is 17.0 Å². The summed E-state index contributed by atoms with van der Waals surface area (Å²) in [5, 5.41) is 3.67. The Bertz CT molecular complexity index is 1290. The van der Waals surface area contributed by atoms with Crippen LogP contribution >= 0.6 is 0 Å². The van der Waals surface area contributed by atoms with Crippen LogP contribution in [0.1, 0.15) is 42.4 Å². The number of fused-ring (bicyclic) bond motifs is 3. The molecule has 0 radical (unpaired) electrons. The highest BCUT2D eigenvalue weighted by Crippen LogP contribution is 2.50. The van der Waals surface area contributed by atoms with Crippen LogP contribution in [0.5, 0.6) is 11.5 Å². The van der Waals surface area contributed by atoms with E-state index in [1.165, 1.54) is 64.2 Å². The van der Waals surface area contributed by atoms with E-state index in [0.29, 0.717) is 0 Å². The van der Waals surface area contributed by atoms with Crippen molar-refractivity contribution in [3.8, 4) is 22.8 Å². The third-order valence-electron chi connectivity index (χ3n) is 7.06. The number of nitrogens with zero attached hydrogens (tertiary/aromatic N) is 1. The standard InChI is InChI=1S/C26H26NO2/c1-15-20-9-11-28-25(20)16(2)26-22(15)24-23-19(8-10-27(24)3)13-18(14-21(23)29-26)12-17-6-4-5-7-17/h8-11,13-14,17H,4-7,12H2,1-3H3/q+1. The van der Waals surface area contributed by atoms with Crippen molar-refractivity contribution in [3.05, 3.63) is 53.4 Å². The first kappa shape index (κ1) is 17.1. The van der Waals surface area contributed by atoms with Crippen molar-refractivity contribution in [1.82, 2.24) is 0 Å². The minimum absolute atomic E-state index is 0.821. The average Bonchev–Trinajstić information content (AvgIpc) is 3.40. The zero-order valence-corrected chi connectivity index (χ0v) is 17.3. The highest BCUT2D eigenvalue weighted by atomic mass is 16.5. The molecule has 0 atom stereocenters. The molecule has 0 spiro atoms. The van der Waals surface area contributed by atoms with Crippen LogP contribution in [0.4, 0.5) is 0 Å². The smallest absolute Gasteiger partial charge is 0.228 e. The Morgan fingerprint density at radius 3 is 2.72 bits per heavy atom. The molecule has 146 valence electrons. The monoisotopic (exact) mass is 384 g/mol. The summed E-state index contributed by atoms with van der Waals surface area (Å²) in [7, 11) is 2.13. The van der Waals surface area contributed by atoms with E-state index < -0.39 is 0 Å². The molecule has 0 amide bonds. The van der Waals surface area contributed by atoms with Gasteiger partial charge in [0.15, 0.2) is 6.20 Å². The van der Waals surface area contributed by atoms with Gasteiger partial charge in [-0.05, 0) is 54.8 Å². The molecule has 0 bridgehead atoms. The van der Waals surface area contributed by atoms with Crippen molar-refractivity contribution < 1.29 is 13.7 Å². The van der Waals surface area contributed by atoms with Crippen molar-refractivity contribution in [2.45, 2.75) is 46.0 Å². The molecule has 1 fully saturated rings. The predicted octanol–water partition coefficient (Wildman–Crippen LogP) is 6.53. The van der Waals surface area contributed by atoms with Gasteiger partial charge in [-0.2, -0.15) is 0 Å². The molecule has 1 aliphatic carbocycles. The summed E-state index contributed by atoms with van der Waals surface area (Å²) >= 11 is 0. The van der Waals surface area contributed by atoms with Crippen LogP contribution in [0.2, 0.25) is 0 Å². The fourth-order valence-corrected chi connectivity index (χ4v) is 5.58. The van der Waals surface area contributed by atoms with E-state index in [1.54, 1.807) is 6.26 Å². The van der Waals surface area contributed by atoms with Crippen LogP contribution in [0.3, 0.4) is 0 Å². The largest absolute Gasteiger partial charge is 0.464 e. The molecule has 29 heavy (non-hydrogen) atoms. The maximum atomic E-state index is 6.63. The van der Waals surface area contributed by atoms with E-state index in [4.69, 9.17) is 9.15 Å². The lowest BCUT2D eigenvalue weighted by atomic mass is 9.90. The third kappa shape index (κ3) is 2.40. The lowest BCUT2D eigenvalue weighted by molar-refractivity contribution is -0.659. The van der Waals surface area contributed by atoms with Crippen LogP contribution < -0.4 is 9.30 Å². The Hall–Kier alpha value is -2.81. The fourth-order valence-electron chi connectivity index (χ4n) is 5.58. The first-order valence-corrected chi connectivity index (χ1v) is 10.8. The quantitative estimate of drug-likeness (QED) is 0.323. The second-order valence-corrected chi connectivity index (χ2v) is 8.91. The van der Waals surface area contributed by atoms with E-state index in [-0.39, 0.29) is 0 Å². The number of ether oxygens (including phenoxy) is 1. The maximum absolute atomic E-state index is 6.63. The molecule has 3 nitrogen and oxygen atoms in total. The molecular formula is C26H26NO2+. The summed E-state index contributed by atoms with van der Waals surface area (Å²) < 4.78 is 14.7. The number of aromatic nitrogens is 1. The van der Waals surface area contributed by atoms with E-state index in [0.717, 1.165) is 35.0 Å². The van der Waals surface area contributed by atoms with Gasteiger partial charge in [0.05, 0.1) is 17.2 Å². The Morgan fingerprint density at radius 1 is 1.07 bits per heavy atom. The summed E-state index contributed by atoms with van der Waals surface area (Å²) in [6.45, 7) is 4.29. The van der Waals surface area contributed by atoms with Crippen LogP contribution in [-0.2, 0) is 13.5 Å². The van der Waals surface area contributed by atoms with Crippen molar-refractivity contribution in [2.24, 2.45) is 13.0 Å². The highest BCUT2D eigenvalue weighted by Gasteiger charge is 2.33. The van der Waals surface area contributed by atoms with Crippen LogP contribution in [0, 0.1) is 19.8 Å². The zero-order valence-electron chi connectivity index (χ0n) is 17.3. The van der Waals surface area contributed by atoms with E-state index in [2.05, 4.69) is 55.9 Å².